The average Bonchev–Trinajstić information content (AvgIpc) is 3.11. The molecule has 0 bridgehead atoms. The zero-order chi connectivity index (χ0) is 25.7. The third kappa shape index (κ3) is 6.55. The lowest BCUT2D eigenvalue weighted by Gasteiger charge is -2.27. The number of ether oxygens (including phenoxy) is 1. The summed E-state index contributed by atoms with van der Waals surface area (Å²) in [6, 6.07) is 12.6. The van der Waals surface area contributed by atoms with E-state index in [0.29, 0.717) is 34.6 Å². The van der Waals surface area contributed by atoms with Crippen molar-refractivity contribution in [1.29, 1.82) is 0 Å². The minimum atomic E-state index is -0.473. The molecule has 2 aliphatic rings. The number of rotatable bonds is 7. The predicted octanol–water partition coefficient (Wildman–Crippen LogP) is 4.82. The van der Waals surface area contributed by atoms with Crippen molar-refractivity contribution in [3.05, 3.63) is 63.0 Å². The molecule has 0 saturated carbocycles. The van der Waals surface area contributed by atoms with Gasteiger partial charge in [-0.3, -0.25) is 24.1 Å². The van der Waals surface area contributed by atoms with Gasteiger partial charge in [-0.1, -0.05) is 18.2 Å². The summed E-state index contributed by atoms with van der Waals surface area (Å²) in [7, 11) is 0. The smallest absolute Gasteiger partial charge is 0.294 e. The van der Waals surface area contributed by atoms with Gasteiger partial charge in [0.1, 0.15) is 12.3 Å². The number of anilines is 1. The summed E-state index contributed by atoms with van der Waals surface area (Å²) >= 11 is 4.25. The topological polar surface area (TPSA) is 96.0 Å². The first-order valence-electron chi connectivity index (χ1n) is 11.6. The Kier molecular flexibility index (Phi) is 8.48. The Morgan fingerprint density at radius 2 is 1.89 bits per heavy atom. The molecule has 36 heavy (non-hydrogen) atoms. The van der Waals surface area contributed by atoms with Gasteiger partial charge in [-0.15, -0.1) is 0 Å². The fourth-order valence-corrected chi connectivity index (χ4v) is 5.30. The van der Waals surface area contributed by atoms with Gasteiger partial charge in [0.05, 0.1) is 9.38 Å². The zero-order valence-electron chi connectivity index (χ0n) is 19.8. The number of aryl methyl sites for hydroxylation is 1. The zero-order valence-corrected chi connectivity index (χ0v) is 22.2. The van der Waals surface area contributed by atoms with Crippen LogP contribution in [0.3, 0.4) is 0 Å². The molecule has 2 aromatic carbocycles. The molecule has 2 aromatic rings. The average molecular weight is 572 g/mol. The maximum Gasteiger partial charge on any atom is 0.294 e. The SMILES string of the molecule is Cc1cccc(NC(=O)COc2ccc(/C=C3\SC(=O)N(CC(=O)N4CCCCC4)C3=O)cc2Br)c1. The molecular weight excluding hydrogens is 546 g/mol. The number of halogens is 1. The Bertz CT molecular complexity index is 1230. The highest BCUT2D eigenvalue weighted by atomic mass is 79.9. The number of thioether (sulfide) groups is 1. The monoisotopic (exact) mass is 571 g/mol. The Labute approximate surface area is 222 Å². The molecule has 10 heteroatoms. The Morgan fingerprint density at radius 3 is 2.61 bits per heavy atom. The van der Waals surface area contributed by atoms with Gasteiger partial charge in [-0.05, 0) is 95.3 Å². The molecule has 1 N–H and O–H groups in total. The van der Waals surface area contributed by atoms with Crippen molar-refractivity contribution in [2.45, 2.75) is 26.2 Å². The highest BCUT2D eigenvalue weighted by Gasteiger charge is 2.37. The quantitative estimate of drug-likeness (QED) is 0.478. The van der Waals surface area contributed by atoms with Gasteiger partial charge in [0, 0.05) is 18.8 Å². The number of likely N-dealkylation sites (tertiary alicyclic amines) is 1. The summed E-state index contributed by atoms with van der Waals surface area (Å²) in [5, 5.41) is 2.34. The molecule has 0 atom stereocenters. The van der Waals surface area contributed by atoms with Gasteiger partial charge in [-0.2, -0.15) is 0 Å². The second-order valence-electron chi connectivity index (χ2n) is 8.61. The highest BCUT2D eigenvalue weighted by Crippen LogP contribution is 2.34. The lowest BCUT2D eigenvalue weighted by Crippen LogP contribution is -2.44. The lowest BCUT2D eigenvalue weighted by atomic mass is 10.1. The van der Waals surface area contributed by atoms with Gasteiger partial charge >= 0.3 is 0 Å². The van der Waals surface area contributed by atoms with Crippen LogP contribution in [0, 0.1) is 6.92 Å². The van der Waals surface area contributed by atoms with Crippen LogP contribution < -0.4 is 10.1 Å². The molecule has 2 saturated heterocycles. The van der Waals surface area contributed by atoms with Crippen LogP contribution in [0.1, 0.15) is 30.4 Å². The van der Waals surface area contributed by atoms with Gasteiger partial charge in [0.2, 0.25) is 5.91 Å². The van der Waals surface area contributed by atoms with Gasteiger partial charge in [0.15, 0.2) is 6.61 Å². The standard InChI is InChI=1S/C26H26BrN3O5S/c1-17-6-5-7-19(12-17)28-23(31)16-35-21-9-8-18(13-20(21)27)14-22-25(33)30(26(34)36-22)15-24(32)29-10-3-2-4-11-29/h5-9,12-14H,2-4,10-11,15-16H2,1H3,(H,28,31)/b22-14-. The first kappa shape index (κ1) is 26.0. The molecule has 0 spiro atoms. The van der Waals surface area contributed by atoms with E-state index >= 15 is 0 Å². The maximum absolute atomic E-state index is 12.8. The number of hydrogen-bond acceptors (Lipinski definition) is 6. The van der Waals surface area contributed by atoms with E-state index in [2.05, 4.69) is 21.2 Å². The van der Waals surface area contributed by atoms with Crippen molar-refractivity contribution < 1.29 is 23.9 Å². The second-order valence-corrected chi connectivity index (χ2v) is 10.5. The van der Waals surface area contributed by atoms with Crippen molar-refractivity contribution in [2.24, 2.45) is 0 Å². The second kappa shape index (κ2) is 11.7. The van der Waals surface area contributed by atoms with Gasteiger partial charge in [-0.25, -0.2) is 0 Å². The van der Waals surface area contributed by atoms with Crippen LogP contribution in [-0.2, 0) is 14.4 Å². The molecule has 2 aliphatic heterocycles. The van der Waals surface area contributed by atoms with Crippen LogP contribution in [0.2, 0.25) is 0 Å². The van der Waals surface area contributed by atoms with Crippen LogP contribution in [0.25, 0.3) is 6.08 Å². The molecular formula is C26H26BrN3O5S. The number of nitrogens with one attached hydrogen (secondary N) is 1. The maximum atomic E-state index is 12.8. The van der Waals surface area contributed by atoms with E-state index in [0.717, 1.165) is 41.5 Å². The largest absolute Gasteiger partial charge is 0.483 e. The van der Waals surface area contributed by atoms with Crippen LogP contribution in [-0.4, -0.2) is 59.0 Å². The van der Waals surface area contributed by atoms with Crippen molar-refractivity contribution in [3.8, 4) is 5.75 Å². The van der Waals surface area contributed by atoms with Gasteiger partial charge in [0.25, 0.3) is 17.1 Å². The number of imide groups is 1. The van der Waals surface area contributed by atoms with E-state index in [1.807, 2.05) is 25.1 Å². The van der Waals surface area contributed by atoms with Crippen LogP contribution in [0.15, 0.2) is 51.8 Å². The van der Waals surface area contributed by atoms with Crippen molar-refractivity contribution in [3.63, 3.8) is 0 Å². The number of benzene rings is 2. The number of piperidine rings is 1. The minimum Gasteiger partial charge on any atom is -0.483 e. The summed E-state index contributed by atoms with van der Waals surface area (Å²) < 4.78 is 6.22. The van der Waals surface area contributed by atoms with Crippen LogP contribution in [0.4, 0.5) is 10.5 Å². The molecule has 188 valence electrons. The predicted molar refractivity (Wildman–Crippen MR) is 143 cm³/mol. The molecule has 0 radical (unpaired) electrons. The Hall–Kier alpha value is -3.11. The normalized spacial score (nSPS) is 17.0. The molecule has 4 amide bonds. The summed E-state index contributed by atoms with van der Waals surface area (Å²) in [6.07, 6.45) is 4.59. The Morgan fingerprint density at radius 1 is 1.11 bits per heavy atom. The van der Waals surface area contributed by atoms with Gasteiger partial charge < -0.3 is 15.0 Å². The minimum absolute atomic E-state index is 0.171. The highest BCUT2D eigenvalue weighted by molar-refractivity contribution is 9.10. The van der Waals surface area contributed by atoms with E-state index in [-0.39, 0.29) is 29.9 Å². The fourth-order valence-electron chi connectivity index (χ4n) is 3.95. The fraction of sp³-hybridized carbons (Fsp3) is 0.308. The molecule has 0 aromatic heterocycles. The molecule has 4 rings (SSSR count). The van der Waals surface area contributed by atoms with Crippen molar-refractivity contribution in [1.82, 2.24) is 9.80 Å². The van der Waals surface area contributed by atoms with Crippen LogP contribution in [0.5, 0.6) is 5.75 Å². The lowest BCUT2D eigenvalue weighted by molar-refractivity contribution is -0.136. The summed E-state index contributed by atoms with van der Waals surface area (Å²) in [5.74, 6) is -0.496. The molecule has 0 unspecified atom stereocenters. The number of carbonyl (C=O) groups excluding carboxylic acids is 4. The first-order chi connectivity index (χ1) is 17.3. The van der Waals surface area contributed by atoms with Crippen LogP contribution >= 0.6 is 27.7 Å². The molecule has 0 aliphatic carbocycles. The van der Waals surface area contributed by atoms with E-state index < -0.39 is 11.1 Å². The first-order valence-corrected chi connectivity index (χ1v) is 13.2. The summed E-state index contributed by atoms with van der Waals surface area (Å²) in [6.45, 7) is 2.88. The number of carbonyl (C=O) groups is 4. The number of hydrogen-bond donors (Lipinski definition) is 1. The molecule has 2 heterocycles. The summed E-state index contributed by atoms with van der Waals surface area (Å²) in [4.78, 5) is 52.9. The van der Waals surface area contributed by atoms with Crippen molar-refractivity contribution in [2.75, 3.05) is 31.6 Å². The molecule has 8 nitrogen and oxygen atoms in total. The van der Waals surface area contributed by atoms with Crippen molar-refractivity contribution >= 4 is 62.4 Å². The summed E-state index contributed by atoms with van der Waals surface area (Å²) in [5.41, 5.74) is 2.41. The Balaban J connectivity index is 1.35. The van der Waals surface area contributed by atoms with E-state index in [4.69, 9.17) is 4.74 Å². The third-order valence-electron chi connectivity index (χ3n) is 5.79. The van der Waals surface area contributed by atoms with E-state index in [1.54, 1.807) is 35.2 Å². The van der Waals surface area contributed by atoms with E-state index in [9.17, 15) is 19.2 Å². The number of nitrogens with zero attached hydrogens (tertiary/aromatic N) is 2. The van der Waals surface area contributed by atoms with E-state index in [1.165, 1.54) is 0 Å². The number of amides is 4. The third-order valence-corrected chi connectivity index (χ3v) is 7.32. The molecule has 2 fully saturated rings.